The molecule has 1 fully saturated rings. The highest BCUT2D eigenvalue weighted by molar-refractivity contribution is 7.89. The van der Waals surface area contributed by atoms with Crippen molar-refractivity contribution in [2.75, 3.05) is 38.1 Å². The molecule has 13 heteroatoms. The van der Waals surface area contributed by atoms with Crippen LogP contribution in [0.15, 0.2) is 35.5 Å². The summed E-state index contributed by atoms with van der Waals surface area (Å²) in [5, 5.41) is 6.46. The first kappa shape index (κ1) is 29.8. The van der Waals surface area contributed by atoms with E-state index in [1.165, 1.54) is 4.90 Å². The highest BCUT2D eigenvalue weighted by Gasteiger charge is 2.37. The summed E-state index contributed by atoms with van der Waals surface area (Å²) in [5.74, 6) is 0.391. The standard InChI is InChI=1S/C27H40N6O6S/c1-3-38-27(35)39-24-17-19(2)10-16-33(24)25(34)23(5-4-11-29-26-30-14-15-31-26)32-40(36,37)22-7-6-20-8-12-28-13-9-21(20)18-22/h6-7,14-15,18-19,23-24,28,32H,3-5,8-13,16-17H2,1-2H3,(H2,29,30,31)/t19-,23+,24-/m1/s1. The second-order valence-electron chi connectivity index (χ2n) is 10.3. The first-order chi connectivity index (χ1) is 19.3. The van der Waals surface area contributed by atoms with Crippen LogP contribution in [0.1, 0.15) is 50.7 Å². The summed E-state index contributed by atoms with van der Waals surface area (Å²) in [7, 11) is -4.02. The largest absolute Gasteiger partial charge is 0.510 e. The van der Waals surface area contributed by atoms with Gasteiger partial charge in [-0.25, -0.2) is 18.2 Å². The summed E-state index contributed by atoms with van der Waals surface area (Å²) >= 11 is 0. The van der Waals surface area contributed by atoms with Crippen molar-refractivity contribution in [1.29, 1.82) is 0 Å². The molecular weight excluding hydrogens is 536 g/mol. The van der Waals surface area contributed by atoms with Crippen molar-refractivity contribution >= 4 is 28.0 Å². The van der Waals surface area contributed by atoms with Crippen molar-refractivity contribution in [1.82, 2.24) is 24.9 Å². The van der Waals surface area contributed by atoms with Gasteiger partial charge in [0.1, 0.15) is 6.04 Å². The Hall–Kier alpha value is -3.16. The molecule has 4 rings (SSSR count). The molecule has 2 aliphatic heterocycles. The number of aromatic amines is 1. The van der Waals surface area contributed by atoms with Crippen LogP contribution in [0.4, 0.5) is 10.7 Å². The number of piperidine rings is 1. The average Bonchev–Trinajstić information content (AvgIpc) is 3.33. The van der Waals surface area contributed by atoms with Crippen LogP contribution in [0.3, 0.4) is 0 Å². The molecule has 3 heterocycles. The maximum atomic E-state index is 13.9. The number of hydrogen-bond acceptors (Lipinski definition) is 9. The molecule has 2 aliphatic rings. The zero-order valence-corrected chi connectivity index (χ0v) is 24.0. The molecule has 3 atom stereocenters. The molecule has 0 aliphatic carbocycles. The van der Waals surface area contributed by atoms with Crippen molar-refractivity contribution < 1.29 is 27.5 Å². The van der Waals surface area contributed by atoms with Gasteiger partial charge in [0.2, 0.25) is 15.9 Å². The number of imidazole rings is 1. The molecule has 1 aromatic heterocycles. The summed E-state index contributed by atoms with van der Waals surface area (Å²) in [4.78, 5) is 34.7. The van der Waals surface area contributed by atoms with E-state index in [4.69, 9.17) is 9.47 Å². The van der Waals surface area contributed by atoms with E-state index in [1.807, 2.05) is 13.0 Å². The molecule has 0 unspecified atom stereocenters. The van der Waals surface area contributed by atoms with E-state index < -0.39 is 34.4 Å². The lowest BCUT2D eigenvalue weighted by atomic mass is 9.96. The topological polar surface area (TPSA) is 155 Å². The molecule has 1 amide bonds. The van der Waals surface area contributed by atoms with Crippen LogP contribution in [-0.2, 0) is 37.1 Å². The number of ether oxygens (including phenoxy) is 2. The number of carbonyl (C=O) groups is 2. The molecular formula is C27H40N6O6S. The van der Waals surface area contributed by atoms with E-state index >= 15 is 0 Å². The predicted octanol–water partition coefficient (Wildman–Crippen LogP) is 2.39. The van der Waals surface area contributed by atoms with Gasteiger partial charge in [-0.1, -0.05) is 13.0 Å². The van der Waals surface area contributed by atoms with Gasteiger partial charge in [0.15, 0.2) is 12.2 Å². The van der Waals surface area contributed by atoms with Crippen molar-refractivity contribution in [3.8, 4) is 0 Å². The number of likely N-dealkylation sites (tertiary alicyclic amines) is 1. The monoisotopic (exact) mass is 576 g/mol. The van der Waals surface area contributed by atoms with E-state index in [-0.39, 0.29) is 23.8 Å². The molecule has 40 heavy (non-hydrogen) atoms. The van der Waals surface area contributed by atoms with E-state index in [2.05, 4.69) is 25.3 Å². The number of nitrogens with zero attached hydrogens (tertiary/aromatic N) is 2. The zero-order valence-electron chi connectivity index (χ0n) is 23.1. The van der Waals surface area contributed by atoms with Gasteiger partial charge in [-0.15, -0.1) is 0 Å². The number of carbonyl (C=O) groups excluding carboxylic acids is 2. The van der Waals surface area contributed by atoms with Crippen LogP contribution in [0, 0.1) is 5.92 Å². The Kier molecular flexibility index (Phi) is 10.4. The van der Waals surface area contributed by atoms with Gasteiger partial charge in [0, 0.05) is 31.9 Å². The lowest BCUT2D eigenvalue weighted by Gasteiger charge is -2.39. The van der Waals surface area contributed by atoms with Gasteiger partial charge < -0.3 is 30.0 Å². The van der Waals surface area contributed by atoms with Crippen LogP contribution >= 0.6 is 0 Å². The number of nitrogens with one attached hydrogen (secondary N) is 4. The molecule has 2 aromatic rings. The number of H-pyrrole nitrogens is 1. The van der Waals surface area contributed by atoms with Crippen molar-refractivity contribution in [2.24, 2.45) is 5.92 Å². The SMILES string of the molecule is CCOC(=O)O[C@@H]1C[C@H](C)CCN1C(=O)[C@H](CCCNc1ncc[nH]1)NS(=O)(=O)c1ccc2c(c1)CCNCC2. The Morgan fingerprint density at radius 2 is 2.02 bits per heavy atom. The Balaban J connectivity index is 1.53. The number of aromatic nitrogens is 2. The van der Waals surface area contributed by atoms with Crippen LogP contribution in [0.2, 0.25) is 0 Å². The van der Waals surface area contributed by atoms with Gasteiger partial charge >= 0.3 is 6.16 Å². The summed E-state index contributed by atoms with van der Waals surface area (Å²) in [6.07, 6.45) is 5.10. The summed E-state index contributed by atoms with van der Waals surface area (Å²) < 4.78 is 40.3. The fraction of sp³-hybridized carbons (Fsp3) is 0.593. The van der Waals surface area contributed by atoms with Gasteiger partial charge in [-0.3, -0.25) is 4.79 Å². The highest BCUT2D eigenvalue weighted by Crippen LogP contribution is 2.26. The predicted molar refractivity (Wildman–Crippen MR) is 149 cm³/mol. The second-order valence-corrected chi connectivity index (χ2v) is 12.0. The lowest BCUT2D eigenvalue weighted by Crippen LogP contribution is -2.55. The van der Waals surface area contributed by atoms with E-state index in [0.29, 0.717) is 38.3 Å². The lowest BCUT2D eigenvalue weighted by molar-refractivity contribution is -0.150. The third-order valence-corrected chi connectivity index (χ3v) is 8.75. The summed E-state index contributed by atoms with van der Waals surface area (Å²) in [6.45, 7) is 6.30. The van der Waals surface area contributed by atoms with Crippen molar-refractivity contribution in [3.63, 3.8) is 0 Å². The van der Waals surface area contributed by atoms with Crippen molar-refractivity contribution in [2.45, 2.75) is 69.5 Å². The van der Waals surface area contributed by atoms with Gasteiger partial charge in [-0.2, -0.15) is 4.72 Å². The highest BCUT2D eigenvalue weighted by atomic mass is 32.2. The molecule has 0 radical (unpaired) electrons. The molecule has 4 N–H and O–H groups in total. The van der Waals surface area contributed by atoms with Crippen molar-refractivity contribution in [3.05, 3.63) is 41.7 Å². The number of amides is 1. The zero-order chi connectivity index (χ0) is 28.5. The van der Waals surface area contributed by atoms with Crippen LogP contribution in [0.25, 0.3) is 0 Å². The molecule has 220 valence electrons. The second kappa shape index (κ2) is 14.0. The van der Waals surface area contributed by atoms with Crippen LogP contribution in [-0.4, -0.2) is 80.4 Å². The first-order valence-corrected chi connectivity index (χ1v) is 15.5. The Morgan fingerprint density at radius 1 is 1.23 bits per heavy atom. The number of benzene rings is 1. The van der Waals surface area contributed by atoms with Gasteiger partial charge in [0.05, 0.1) is 11.5 Å². The minimum atomic E-state index is -4.02. The van der Waals surface area contributed by atoms with E-state index in [9.17, 15) is 18.0 Å². The summed E-state index contributed by atoms with van der Waals surface area (Å²) in [6, 6.07) is 4.11. The number of fused-ring (bicyclic) bond motifs is 1. The maximum absolute atomic E-state index is 13.9. The van der Waals surface area contributed by atoms with E-state index in [0.717, 1.165) is 37.1 Å². The Bertz CT molecular complexity index is 1240. The fourth-order valence-electron chi connectivity index (χ4n) is 5.10. The first-order valence-electron chi connectivity index (χ1n) is 14.0. The summed E-state index contributed by atoms with van der Waals surface area (Å²) in [5.41, 5.74) is 2.12. The smallest absolute Gasteiger partial charge is 0.435 e. The Morgan fingerprint density at radius 3 is 2.77 bits per heavy atom. The number of sulfonamides is 1. The number of hydrogen-bond donors (Lipinski definition) is 4. The number of rotatable bonds is 11. The fourth-order valence-corrected chi connectivity index (χ4v) is 6.37. The third-order valence-electron chi connectivity index (χ3n) is 7.28. The normalized spacial score (nSPS) is 20.2. The molecule has 1 saturated heterocycles. The maximum Gasteiger partial charge on any atom is 0.510 e. The van der Waals surface area contributed by atoms with Crippen LogP contribution < -0.4 is 15.4 Å². The molecule has 12 nitrogen and oxygen atoms in total. The van der Waals surface area contributed by atoms with Gasteiger partial charge in [0.25, 0.3) is 0 Å². The quantitative estimate of drug-likeness (QED) is 0.233. The van der Waals surface area contributed by atoms with Crippen LogP contribution in [0.5, 0.6) is 0 Å². The molecule has 0 saturated carbocycles. The minimum absolute atomic E-state index is 0.131. The Labute approximate surface area is 235 Å². The third kappa shape index (κ3) is 7.95. The average molecular weight is 577 g/mol. The van der Waals surface area contributed by atoms with E-state index in [1.54, 1.807) is 31.5 Å². The molecule has 0 spiro atoms. The molecule has 1 aromatic carbocycles. The minimum Gasteiger partial charge on any atom is -0.435 e. The van der Waals surface area contributed by atoms with Gasteiger partial charge in [-0.05, 0) is 81.3 Å². The molecule has 0 bridgehead atoms. The number of anilines is 1.